The van der Waals surface area contributed by atoms with Gasteiger partial charge < -0.3 is 45.5 Å². The van der Waals surface area contributed by atoms with Crippen LogP contribution in [0.4, 0.5) is 0 Å². The number of H-pyrrole nitrogens is 1. The summed E-state index contributed by atoms with van der Waals surface area (Å²) in [5.41, 5.74) is 2.92. The number of aliphatic hydroxyl groups excluding tert-OH is 4. The van der Waals surface area contributed by atoms with E-state index in [0.717, 1.165) is 27.8 Å². The highest BCUT2D eigenvalue weighted by molar-refractivity contribution is 5.85. The molecule has 9 nitrogen and oxygen atoms in total. The fourth-order valence-corrected chi connectivity index (χ4v) is 4.34. The van der Waals surface area contributed by atoms with E-state index in [1.165, 1.54) is 0 Å². The molecule has 0 radical (unpaired) electrons. The number of aromatic nitrogens is 1. The van der Waals surface area contributed by atoms with Crippen LogP contribution < -0.4 is 20.1 Å². The van der Waals surface area contributed by atoms with Crippen molar-refractivity contribution < 1.29 is 29.9 Å². The van der Waals surface area contributed by atoms with Crippen molar-refractivity contribution in [3.05, 3.63) is 59.8 Å². The monoisotopic (exact) mass is 557 g/mol. The molecule has 222 valence electrons. The van der Waals surface area contributed by atoms with Crippen molar-refractivity contribution in [3.63, 3.8) is 0 Å². The van der Waals surface area contributed by atoms with E-state index in [2.05, 4.69) is 15.6 Å². The first-order valence-corrected chi connectivity index (χ1v) is 14.1. The van der Waals surface area contributed by atoms with Crippen LogP contribution in [0.25, 0.3) is 10.9 Å². The molecule has 0 fully saturated rings. The molecule has 1 heterocycles. The molecule has 9 heteroatoms. The molecule has 1 aromatic heterocycles. The molecule has 3 aromatic rings. The Hall–Kier alpha value is -2.66. The number of ether oxygens (including phenoxy) is 2. The molecule has 1 aliphatic rings. The molecule has 0 spiro atoms. The highest BCUT2D eigenvalue weighted by Crippen LogP contribution is 2.30. The molecule has 0 saturated heterocycles. The van der Waals surface area contributed by atoms with E-state index in [1.807, 2.05) is 83.3 Å². The van der Waals surface area contributed by atoms with Crippen LogP contribution in [0.2, 0.25) is 0 Å². The molecule has 0 aliphatic heterocycles. The molecule has 2 unspecified atom stereocenters. The zero-order chi connectivity index (χ0) is 29.3. The molecule has 0 saturated carbocycles. The van der Waals surface area contributed by atoms with Gasteiger partial charge in [0, 0.05) is 60.2 Å². The second-order valence-corrected chi connectivity index (χ2v) is 11.8. The van der Waals surface area contributed by atoms with Gasteiger partial charge in [0.15, 0.2) is 0 Å². The summed E-state index contributed by atoms with van der Waals surface area (Å²) in [6.45, 7) is 11.7. The number of hydrogen-bond donors (Lipinski definition) is 7. The van der Waals surface area contributed by atoms with Crippen LogP contribution in [0.15, 0.2) is 48.7 Å². The average molecular weight is 558 g/mol. The van der Waals surface area contributed by atoms with Crippen molar-refractivity contribution in [1.29, 1.82) is 0 Å². The number of hydrogen-bond acceptors (Lipinski definition) is 8. The van der Waals surface area contributed by atoms with E-state index in [4.69, 9.17) is 9.47 Å². The van der Waals surface area contributed by atoms with Crippen molar-refractivity contribution in [2.45, 2.75) is 83.5 Å². The normalized spacial score (nSPS) is 18.6. The number of benzene rings is 2. The van der Waals surface area contributed by atoms with Crippen LogP contribution in [0.1, 0.15) is 45.7 Å². The van der Waals surface area contributed by atoms with Gasteiger partial charge in [0.05, 0.1) is 12.2 Å². The van der Waals surface area contributed by atoms with Gasteiger partial charge in [0.25, 0.3) is 0 Å². The standard InChI is InChI=1S/C17H27NO4.C14H20N2O2/c1-17(2,3)18-9-12(19)10-22-16-6-4-5-11-7-14(20)15(21)8-13(11)16;1-10(2)16-8-11(17)9-18-14-5-3-4-13-12(14)6-7-15-13/h4-6,12,14-15,18-21H,7-10H2,1-3H3;3-7,10-11,15-17H,8-9H2,1-2H3/t12?,14-,15+;/m1./s1. The number of nitrogens with one attached hydrogen (secondary N) is 3. The fourth-order valence-electron chi connectivity index (χ4n) is 4.34. The van der Waals surface area contributed by atoms with Gasteiger partial charge in [-0.1, -0.05) is 32.0 Å². The van der Waals surface area contributed by atoms with Crippen LogP contribution in [-0.4, -0.2) is 87.7 Å². The number of rotatable bonds is 11. The molecule has 0 bridgehead atoms. The Morgan fingerprint density at radius 3 is 2.20 bits per heavy atom. The number of aromatic amines is 1. The minimum Gasteiger partial charge on any atom is -0.491 e. The third-order valence-corrected chi connectivity index (χ3v) is 6.56. The first-order valence-electron chi connectivity index (χ1n) is 14.1. The first-order chi connectivity index (χ1) is 18.9. The SMILES string of the molecule is CC(C)(C)NCC(O)COc1cccc2c1C[C@H](O)[C@H](O)C2.CC(C)NCC(O)COc1cccc2[nH]ccc12. The molecule has 40 heavy (non-hydrogen) atoms. The van der Waals surface area contributed by atoms with Crippen molar-refractivity contribution in [2.75, 3.05) is 26.3 Å². The zero-order valence-corrected chi connectivity index (χ0v) is 24.4. The maximum Gasteiger partial charge on any atom is 0.128 e. The largest absolute Gasteiger partial charge is 0.491 e. The lowest BCUT2D eigenvalue weighted by Crippen LogP contribution is -2.42. The van der Waals surface area contributed by atoms with Gasteiger partial charge in [-0.15, -0.1) is 0 Å². The minimum atomic E-state index is -0.760. The predicted molar refractivity (Wildman–Crippen MR) is 158 cm³/mol. The number of β-amino-alcohol motifs (C(OH)–C–C–N with tert-alkyl or cyclic N) is 1. The summed E-state index contributed by atoms with van der Waals surface area (Å²) < 4.78 is 11.4. The molecular formula is C31H47N3O6. The van der Waals surface area contributed by atoms with Crippen LogP contribution >= 0.6 is 0 Å². The zero-order valence-electron chi connectivity index (χ0n) is 24.4. The lowest BCUT2D eigenvalue weighted by Gasteiger charge is -2.28. The fraction of sp³-hybridized carbons (Fsp3) is 0.548. The van der Waals surface area contributed by atoms with E-state index in [9.17, 15) is 20.4 Å². The summed E-state index contributed by atoms with van der Waals surface area (Å²) in [4.78, 5) is 3.13. The molecule has 4 atom stereocenters. The highest BCUT2D eigenvalue weighted by Gasteiger charge is 2.27. The van der Waals surface area contributed by atoms with E-state index in [1.54, 1.807) is 0 Å². The van der Waals surface area contributed by atoms with Crippen LogP contribution in [-0.2, 0) is 12.8 Å². The second kappa shape index (κ2) is 14.8. The van der Waals surface area contributed by atoms with Crippen molar-refractivity contribution in [2.24, 2.45) is 0 Å². The van der Waals surface area contributed by atoms with Crippen molar-refractivity contribution in [3.8, 4) is 11.5 Å². The van der Waals surface area contributed by atoms with Gasteiger partial charge in [-0.05, 0) is 50.6 Å². The maximum absolute atomic E-state index is 10.00. The smallest absolute Gasteiger partial charge is 0.128 e. The Morgan fingerprint density at radius 2 is 1.50 bits per heavy atom. The molecule has 1 aliphatic carbocycles. The van der Waals surface area contributed by atoms with E-state index < -0.39 is 24.4 Å². The highest BCUT2D eigenvalue weighted by atomic mass is 16.5. The summed E-state index contributed by atoms with van der Waals surface area (Å²) in [6, 6.07) is 13.8. The lowest BCUT2D eigenvalue weighted by atomic mass is 9.87. The summed E-state index contributed by atoms with van der Waals surface area (Å²) in [5, 5.41) is 46.8. The molecule has 7 N–H and O–H groups in total. The second-order valence-electron chi connectivity index (χ2n) is 11.8. The molecule has 4 rings (SSSR count). The maximum atomic E-state index is 10.00. The van der Waals surface area contributed by atoms with Gasteiger partial charge in [-0.3, -0.25) is 0 Å². The molecular weight excluding hydrogens is 510 g/mol. The van der Waals surface area contributed by atoms with Crippen molar-refractivity contribution in [1.82, 2.24) is 15.6 Å². The predicted octanol–water partition coefficient (Wildman–Crippen LogP) is 2.54. The summed E-state index contributed by atoms with van der Waals surface area (Å²) in [5.74, 6) is 1.48. The van der Waals surface area contributed by atoms with Gasteiger partial charge in [-0.25, -0.2) is 0 Å². The van der Waals surface area contributed by atoms with Crippen molar-refractivity contribution >= 4 is 10.9 Å². The van der Waals surface area contributed by atoms with Crippen LogP contribution in [0.5, 0.6) is 11.5 Å². The molecule has 2 aromatic carbocycles. The Morgan fingerprint density at radius 1 is 0.875 bits per heavy atom. The van der Waals surface area contributed by atoms with Gasteiger partial charge >= 0.3 is 0 Å². The van der Waals surface area contributed by atoms with Gasteiger partial charge in [0.2, 0.25) is 0 Å². The minimum absolute atomic E-state index is 0.0485. The third kappa shape index (κ3) is 10.1. The number of aliphatic hydroxyl groups is 4. The lowest BCUT2D eigenvalue weighted by molar-refractivity contribution is 0.0132. The first kappa shape index (κ1) is 31.9. The van der Waals surface area contributed by atoms with Gasteiger partial charge in [0.1, 0.15) is 36.9 Å². The topological polar surface area (TPSA) is 139 Å². The Labute approximate surface area is 237 Å². The van der Waals surface area contributed by atoms with Crippen LogP contribution in [0.3, 0.4) is 0 Å². The number of fused-ring (bicyclic) bond motifs is 2. The van der Waals surface area contributed by atoms with E-state index >= 15 is 0 Å². The summed E-state index contributed by atoms with van der Waals surface area (Å²) in [6.07, 6.45) is 0.115. The quantitative estimate of drug-likeness (QED) is 0.191. The Kier molecular flexibility index (Phi) is 11.8. The average Bonchev–Trinajstić information content (AvgIpc) is 3.39. The Bertz CT molecular complexity index is 1180. The summed E-state index contributed by atoms with van der Waals surface area (Å²) in [7, 11) is 0. The van der Waals surface area contributed by atoms with Gasteiger partial charge in [-0.2, -0.15) is 0 Å². The van der Waals surface area contributed by atoms with E-state index in [-0.39, 0.29) is 12.1 Å². The van der Waals surface area contributed by atoms with E-state index in [0.29, 0.717) is 44.3 Å². The Balaban J connectivity index is 0.000000225. The third-order valence-electron chi connectivity index (χ3n) is 6.56. The summed E-state index contributed by atoms with van der Waals surface area (Å²) >= 11 is 0. The molecule has 0 amide bonds. The van der Waals surface area contributed by atoms with Crippen LogP contribution in [0, 0.1) is 0 Å².